The minimum Gasteiger partial charge on any atom is -0.481 e. The summed E-state index contributed by atoms with van der Waals surface area (Å²) in [6.07, 6.45) is 1.57. The molecule has 1 fully saturated rings. The summed E-state index contributed by atoms with van der Waals surface area (Å²) in [7, 11) is 3.70. The Balaban J connectivity index is 1.62. The topological polar surface area (TPSA) is 56.6 Å². The highest BCUT2D eigenvalue weighted by Crippen LogP contribution is 2.31. The lowest BCUT2D eigenvalue weighted by molar-refractivity contribution is 0.000119. The lowest BCUT2D eigenvalue weighted by Gasteiger charge is -2.33. The smallest absolute Gasteiger partial charge is 0.212 e. The van der Waals surface area contributed by atoms with E-state index >= 15 is 0 Å². The molecule has 0 bridgehead atoms. The number of hydrogen-bond acceptors (Lipinski definition) is 6. The molecule has 1 aliphatic rings. The van der Waals surface area contributed by atoms with Crippen LogP contribution in [0.1, 0.15) is 20.9 Å². The number of ether oxygens (including phenoxy) is 2. The van der Waals surface area contributed by atoms with Crippen LogP contribution in [-0.4, -0.2) is 60.2 Å². The van der Waals surface area contributed by atoms with E-state index in [1.807, 2.05) is 6.07 Å². The van der Waals surface area contributed by atoms with Crippen molar-refractivity contribution >= 4 is 27.3 Å². The van der Waals surface area contributed by atoms with Gasteiger partial charge in [0.1, 0.15) is 4.83 Å². The van der Waals surface area contributed by atoms with Crippen LogP contribution < -0.4 is 4.74 Å². The SMILES string of the molecule is COc1ccc(C(=O)c2cc3cc(C)n(C[C@@H]4COCCN4C)c3s2)cn1. The van der Waals surface area contributed by atoms with Gasteiger partial charge in [-0.1, -0.05) is 0 Å². The number of morpholine rings is 1. The maximum atomic E-state index is 12.8. The number of methoxy groups -OCH3 is 1. The number of carbonyl (C=O) groups excluding carboxylic acids is 1. The normalized spacial score (nSPS) is 18.1. The molecule has 4 rings (SSSR count). The number of nitrogens with zero attached hydrogens (tertiary/aromatic N) is 3. The van der Waals surface area contributed by atoms with Crippen LogP contribution in [0, 0.1) is 6.92 Å². The lowest BCUT2D eigenvalue weighted by atomic mass is 10.1. The molecule has 1 saturated heterocycles. The van der Waals surface area contributed by atoms with Crippen molar-refractivity contribution < 1.29 is 14.3 Å². The fourth-order valence-corrected chi connectivity index (χ4v) is 4.60. The van der Waals surface area contributed by atoms with Crippen LogP contribution in [0.15, 0.2) is 30.5 Å². The molecule has 3 aromatic heterocycles. The number of rotatable bonds is 5. The van der Waals surface area contributed by atoms with Crippen LogP contribution in [0.2, 0.25) is 0 Å². The molecule has 0 N–H and O–H groups in total. The van der Waals surface area contributed by atoms with Gasteiger partial charge >= 0.3 is 0 Å². The van der Waals surface area contributed by atoms with E-state index in [1.165, 1.54) is 5.69 Å². The fraction of sp³-hybridized carbons (Fsp3) is 0.400. The Morgan fingerprint density at radius 3 is 2.96 bits per heavy atom. The van der Waals surface area contributed by atoms with Gasteiger partial charge in [0.25, 0.3) is 0 Å². The van der Waals surface area contributed by atoms with Crippen LogP contribution in [0.4, 0.5) is 0 Å². The minimum atomic E-state index is -0.00586. The van der Waals surface area contributed by atoms with Gasteiger partial charge in [0.05, 0.1) is 31.2 Å². The average molecular weight is 385 g/mol. The van der Waals surface area contributed by atoms with Gasteiger partial charge in [0, 0.05) is 42.0 Å². The van der Waals surface area contributed by atoms with Crippen LogP contribution in [0.3, 0.4) is 0 Å². The van der Waals surface area contributed by atoms with E-state index in [9.17, 15) is 4.79 Å². The van der Waals surface area contributed by atoms with Crippen LogP contribution in [-0.2, 0) is 11.3 Å². The summed E-state index contributed by atoms with van der Waals surface area (Å²) in [6, 6.07) is 7.95. The molecule has 0 amide bonds. The van der Waals surface area contributed by atoms with E-state index in [1.54, 1.807) is 36.8 Å². The highest BCUT2D eigenvalue weighted by molar-refractivity contribution is 7.20. The zero-order chi connectivity index (χ0) is 19.0. The number of likely N-dealkylation sites (N-methyl/N-ethyl adjacent to an activating group) is 1. The molecule has 4 heterocycles. The summed E-state index contributed by atoms with van der Waals surface area (Å²) in [5.41, 5.74) is 1.78. The first-order valence-corrected chi connectivity index (χ1v) is 9.81. The summed E-state index contributed by atoms with van der Waals surface area (Å²) in [5.74, 6) is 0.498. The molecule has 0 saturated carbocycles. The molecule has 142 valence electrons. The van der Waals surface area contributed by atoms with Crippen molar-refractivity contribution in [1.29, 1.82) is 0 Å². The first-order chi connectivity index (χ1) is 13.1. The number of aromatic nitrogens is 2. The lowest BCUT2D eigenvalue weighted by Crippen LogP contribution is -2.45. The van der Waals surface area contributed by atoms with Gasteiger partial charge < -0.3 is 14.0 Å². The molecule has 7 heteroatoms. The van der Waals surface area contributed by atoms with Gasteiger partial charge in [-0.15, -0.1) is 11.3 Å². The molecule has 0 radical (unpaired) electrons. The second-order valence-corrected chi connectivity index (χ2v) is 7.93. The summed E-state index contributed by atoms with van der Waals surface area (Å²) >= 11 is 1.54. The summed E-state index contributed by atoms with van der Waals surface area (Å²) in [4.78, 5) is 21.2. The van der Waals surface area contributed by atoms with Crippen molar-refractivity contribution in [3.63, 3.8) is 0 Å². The maximum Gasteiger partial charge on any atom is 0.212 e. The highest BCUT2D eigenvalue weighted by Gasteiger charge is 2.23. The summed E-state index contributed by atoms with van der Waals surface area (Å²) < 4.78 is 13.0. The number of pyridine rings is 1. The van der Waals surface area contributed by atoms with Gasteiger partial charge in [-0.25, -0.2) is 4.98 Å². The van der Waals surface area contributed by atoms with E-state index in [4.69, 9.17) is 9.47 Å². The fourth-order valence-electron chi connectivity index (χ4n) is 3.43. The number of carbonyl (C=O) groups is 1. The van der Waals surface area contributed by atoms with Crippen LogP contribution in [0.5, 0.6) is 5.88 Å². The van der Waals surface area contributed by atoms with Gasteiger partial charge in [-0.3, -0.25) is 9.69 Å². The predicted octanol–water partition coefficient (Wildman–Crippen LogP) is 2.98. The monoisotopic (exact) mass is 385 g/mol. The van der Waals surface area contributed by atoms with Gasteiger partial charge in [-0.2, -0.15) is 0 Å². The molecule has 0 spiro atoms. The van der Waals surface area contributed by atoms with Crippen molar-refractivity contribution in [1.82, 2.24) is 14.5 Å². The molecule has 6 nitrogen and oxygen atoms in total. The van der Waals surface area contributed by atoms with Crippen LogP contribution >= 0.6 is 11.3 Å². The second-order valence-electron chi connectivity index (χ2n) is 6.90. The average Bonchev–Trinajstić information content (AvgIpc) is 3.21. The molecule has 3 aromatic rings. The molecular weight excluding hydrogens is 362 g/mol. The molecule has 1 atom stereocenters. The quantitative estimate of drug-likeness (QED) is 0.632. The van der Waals surface area contributed by atoms with Gasteiger partial charge in [-0.05, 0) is 32.2 Å². The van der Waals surface area contributed by atoms with E-state index < -0.39 is 0 Å². The van der Waals surface area contributed by atoms with Crippen LogP contribution in [0.25, 0.3) is 10.2 Å². The number of thiophene rings is 1. The number of ketones is 1. The number of hydrogen-bond donors (Lipinski definition) is 0. The first kappa shape index (κ1) is 18.2. The zero-order valence-corrected chi connectivity index (χ0v) is 16.6. The number of aryl methyl sites for hydroxylation is 1. The Hall–Kier alpha value is -2.22. The van der Waals surface area contributed by atoms with Crippen molar-refractivity contribution in [2.45, 2.75) is 19.5 Å². The molecule has 0 aliphatic carbocycles. The molecule has 1 aliphatic heterocycles. The Labute approximate surface area is 162 Å². The van der Waals surface area contributed by atoms with E-state index in [0.29, 0.717) is 17.5 Å². The van der Waals surface area contributed by atoms with Gasteiger partial charge in [0.2, 0.25) is 11.7 Å². The Morgan fingerprint density at radius 2 is 2.26 bits per heavy atom. The Kier molecular flexibility index (Phi) is 4.99. The van der Waals surface area contributed by atoms with E-state index in [2.05, 4.69) is 34.5 Å². The molecule has 0 aromatic carbocycles. The van der Waals surface area contributed by atoms with Gasteiger partial charge in [0.15, 0.2) is 0 Å². The predicted molar refractivity (Wildman–Crippen MR) is 106 cm³/mol. The molecular formula is C20H23N3O3S. The highest BCUT2D eigenvalue weighted by atomic mass is 32.1. The standard InChI is InChI=1S/C20H23N3O3S/c1-13-8-15-9-17(19(24)14-4-5-18(25-3)21-10-14)27-20(15)23(13)11-16-12-26-7-6-22(16)2/h4-5,8-10,16H,6-7,11-12H2,1-3H3/t16-/m1/s1. The first-order valence-electron chi connectivity index (χ1n) is 8.99. The third kappa shape index (κ3) is 3.50. The zero-order valence-electron chi connectivity index (χ0n) is 15.8. The van der Waals surface area contributed by atoms with E-state index in [-0.39, 0.29) is 5.78 Å². The van der Waals surface area contributed by atoms with Crippen molar-refractivity contribution in [3.05, 3.63) is 46.6 Å². The Morgan fingerprint density at radius 1 is 1.41 bits per heavy atom. The second kappa shape index (κ2) is 7.42. The maximum absolute atomic E-state index is 12.8. The third-order valence-electron chi connectivity index (χ3n) is 5.12. The van der Waals surface area contributed by atoms with E-state index in [0.717, 1.165) is 41.4 Å². The summed E-state index contributed by atoms with van der Waals surface area (Å²) in [5, 5.41) is 1.11. The molecule has 27 heavy (non-hydrogen) atoms. The molecule has 0 unspecified atom stereocenters. The Bertz CT molecular complexity index is 961. The number of fused-ring (bicyclic) bond motifs is 1. The largest absolute Gasteiger partial charge is 0.481 e. The van der Waals surface area contributed by atoms with Crippen molar-refractivity contribution in [2.24, 2.45) is 0 Å². The van der Waals surface area contributed by atoms with Crippen molar-refractivity contribution in [2.75, 3.05) is 33.9 Å². The third-order valence-corrected chi connectivity index (χ3v) is 6.29. The summed E-state index contributed by atoms with van der Waals surface area (Å²) in [6.45, 7) is 5.47. The van der Waals surface area contributed by atoms with Crippen molar-refractivity contribution in [3.8, 4) is 5.88 Å². The minimum absolute atomic E-state index is 0.00586.